The fourth-order valence-corrected chi connectivity index (χ4v) is 2.75. The molecule has 0 unspecified atom stereocenters. The van der Waals surface area contributed by atoms with Crippen LogP contribution in [0.5, 0.6) is 0 Å². The highest BCUT2D eigenvalue weighted by Crippen LogP contribution is 2.36. The van der Waals surface area contributed by atoms with E-state index in [0.717, 1.165) is 16.7 Å². The van der Waals surface area contributed by atoms with Gasteiger partial charge in [0.05, 0.1) is 17.2 Å². The van der Waals surface area contributed by atoms with Crippen molar-refractivity contribution in [2.75, 3.05) is 7.11 Å². The molecule has 0 heterocycles. The standard InChI is InChI=1S/C16H12Cl2O2S/c1-9-4-3-5-11(16(21)20-2)14(9)10-6-7-13(17)15(18)12(10)8-19/h3-8H,1-2H3. The summed E-state index contributed by atoms with van der Waals surface area (Å²) >= 11 is 17.4. The molecule has 0 saturated heterocycles. The molecule has 0 fully saturated rings. The summed E-state index contributed by atoms with van der Waals surface area (Å²) in [7, 11) is 1.52. The minimum Gasteiger partial charge on any atom is -0.486 e. The number of aldehydes is 1. The van der Waals surface area contributed by atoms with Gasteiger partial charge in [0, 0.05) is 11.1 Å². The summed E-state index contributed by atoms with van der Waals surface area (Å²) in [6.07, 6.45) is 0.704. The lowest BCUT2D eigenvalue weighted by Crippen LogP contribution is -2.05. The summed E-state index contributed by atoms with van der Waals surface area (Å²) in [6.45, 7) is 1.94. The van der Waals surface area contributed by atoms with Crippen molar-refractivity contribution >= 4 is 46.8 Å². The van der Waals surface area contributed by atoms with Crippen molar-refractivity contribution < 1.29 is 9.53 Å². The highest BCUT2D eigenvalue weighted by Gasteiger charge is 2.18. The molecule has 0 saturated carbocycles. The van der Waals surface area contributed by atoms with Crippen LogP contribution < -0.4 is 0 Å². The first kappa shape index (κ1) is 16.0. The lowest BCUT2D eigenvalue weighted by atomic mass is 9.92. The number of aryl methyl sites for hydroxylation is 1. The number of carbonyl (C=O) groups excluding carboxylic acids is 1. The van der Waals surface area contributed by atoms with Crippen molar-refractivity contribution in [1.29, 1.82) is 0 Å². The molecule has 2 aromatic rings. The number of ether oxygens (including phenoxy) is 1. The van der Waals surface area contributed by atoms with Crippen LogP contribution in [0.15, 0.2) is 30.3 Å². The van der Waals surface area contributed by atoms with Gasteiger partial charge < -0.3 is 4.74 Å². The van der Waals surface area contributed by atoms with Crippen LogP contribution in [0, 0.1) is 6.92 Å². The number of thiocarbonyl (C=S) groups is 1. The average Bonchev–Trinajstić information content (AvgIpc) is 2.49. The van der Waals surface area contributed by atoms with Crippen LogP contribution in [0.25, 0.3) is 11.1 Å². The summed E-state index contributed by atoms with van der Waals surface area (Å²) in [5.74, 6) is 0. The predicted octanol–water partition coefficient (Wildman–Crippen LogP) is 5.10. The van der Waals surface area contributed by atoms with Crippen LogP contribution in [0.3, 0.4) is 0 Å². The van der Waals surface area contributed by atoms with Gasteiger partial charge in [-0.1, -0.05) is 41.4 Å². The second-order valence-electron chi connectivity index (χ2n) is 4.43. The van der Waals surface area contributed by atoms with Crippen LogP contribution in [0.4, 0.5) is 0 Å². The molecule has 0 aliphatic carbocycles. The lowest BCUT2D eigenvalue weighted by Gasteiger charge is -2.15. The fourth-order valence-electron chi connectivity index (χ4n) is 2.20. The second-order valence-corrected chi connectivity index (χ2v) is 5.59. The minimum atomic E-state index is 0.238. The van der Waals surface area contributed by atoms with Crippen LogP contribution in [0.2, 0.25) is 10.0 Å². The third kappa shape index (κ3) is 2.95. The molecule has 2 aromatic carbocycles. The maximum absolute atomic E-state index is 11.4. The van der Waals surface area contributed by atoms with E-state index >= 15 is 0 Å². The Morgan fingerprint density at radius 3 is 2.57 bits per heavy atom. The Balaban J connectivity index is 2.82. The molecule has 0 aliphatic heterocycles. The first-order valence-electron chi connectivity index (χ1n) is 6.12. The Kier molecular flexibility index (Phi) is 4.99. The number of benzene rings is 2. The molecule has 21 heavy (non-hydrogen) atoms. The molecule has 5 heteroatoms. The Morgan fingerprint density at radius 1 is 1.24 bits per heavy atom. The maximum atomic E-state index is 11.4. The van der Waals surface area contributed by atoms with Gasteiger partial charge in [-0.2, -0.15) is 0 Å². The van der Waals surface area contributed by atoms with Gasteiger partial charge in [-0.05, 0) is 48.0 Å². The van der Waals surface area contributed by atoms with Crippen molar-refractivity contribution in [2.24, 2.45) is 0 Å². The monoisotopic (exact) mass is 338 g/mol. The van der Waals surface area contributed by atoms with Crippen molar-refractivity contribution in [2.45, 2.75) is 6.92 Å². The van der Waals surface area contributed by atoms with E-state index in [2.05, 4.69) is 0 Å². The number of rotatable bonds is 3. The summed E-state index contributed by atoms with van der Waals surface area (Å²) in [5.41, 5.74) is 3.57. The molecule has 0 bridgehead atoms. The SMILES string of the molecule is COC(=S)c1cccc(C)c1-c1ccc(Cl)c(Cl)c1C=O. The molecule has 0 amide bonds. The predicted molar refractivity (Wildman–Crippen MR) is 90.7 cm³/mol. The Morgan fingerprint density at radius 2 is 1.95 bits per heavy atom. The largest absolute Gasteiger partial charge is 0.486 e. The van der Waals surface area contributed by atoms with E-state index < -0.39 is 0 Å². The van der Waals surface area contributed by atoms with Gasteiger partial charge in [0.2, 0.25) is 0 Å². The van der Waals surface area contributed by atoms with Crippen molar-refractivity contribution in [3.8, 4) is 11.1 Å². The van der Waals surface area contributed by atoms with E-state index in [1.165, 1.54) is 7.11 Å². The maximum Gasteiger partial charge on any atom is 0.191 e. The first-order chi connectivity index (χ1) is 10.0. The third-order valence-corrected chi connectivity index (χ3v) is 4.40. The van der Waals surface area contributed by atoms with Crippen molar-refractivity contribution in [3.05, 3.63) is 57.1 Å². The van der Waals surface area contributed by atoms with E-state index in [1.807, 2.05) is 25.1 Å². The van der Waals surface area contributed by atoms with Gasteiger partial charge in [0.1, 0.15) is 0 Å². The molecule has 0 N–H and O–H groups in total. The van der Waals surface area contributed by atoms with Gasteiger partial charge in [-0.15, -0.1) is 0 Å². The minimum absolute atomic E-state index is 0.238. The quantitative estimate of drug-likeness (QED) is 0.575. The van der Waals surface area contributed by atoms with E-state index in [-0.39, 0.29) is 5.02 Å². The molecule has 0 aliphatic rings. The number of carbonyl (C=O) groups is 1. The van der Waals surface area contributed by atoms with Gasteiger partial charge in [0.15, 0.2) is 11.3 Å². The molecular weight excluding hydrogens is 327 g/mol. The van der Waals surface area contributed by atoms with Crippen LogP contribution in [-0.4, -0.2) is 18.4 Å². The lowest BCUT2D eigenvalue weighted by molar-refractivity contribution is 0.112. The van der Waals surface area contributed by atoms with Crippen LogP contribution >= 0.6 is 35.4 Å². The van der Waals surface area contributed by atoms with Gasteiger partial charge in [-0.25, -0.2) is 0 Å². The Hall–Kier alpha value is -1.42. The zero-order valence-corrected chi connectivity index (χ0v) is 13.8. The molecule has 108 valence electrons. The van der Waals surface area contributed by atoms with E-state index in [1.54, 1.807) is 12.1 Å². The molecule has 2 nitrogen and oxygen atoms in total. The molecular formula is C16H12Cl2O2S. The third-order valence-electron chi connectivity index (χ3n) is 3.20. The van der Waals surface area contributed by atoms with E-state index in [0.29, 0.717) is 27.5 Å². The summed E-state index contributed by atoms with van der Waals surface area (Å²) in [4.78, 5) is 11.4. The second kappa shape index (κ2) is 6.56. The summed E-state index contributed by atoms with van der Waals surface area (Å²) < 4.78 is 5.16. The van der Waals surface area contributed by atoms with E-state index in [4.69, 9.17) is 40.2 Å². The van der Waals surface area contributed by atoms with Crippen LogP contribution in [0.1, 0.15) is 21.5 Å². The number of methoxy groups -OCH3 is 1. The zero-order valence-electron chi connectivity index (χ0n) is 11.4. The Bertz CT molecular complexity index is 726. The Labute approximate surface area is 138 Å². The summed E-state index contributed by atoms with van der Waals surface area (Å²) in [6, 6.07) is 9.11. The first-order valence-corrected chi connectivity index (χ1v) is 7.29. The topological polar surface area (TPSA) is 26.3 Å². The highest BCUT2D eigenvalue weighted by atomic mass is 35.5. The number of hydrogen-bond acceptors (Lipinski definition) is 3. The normalized spacial score (nSPS) is 10.3. The van der Waals surface area contributed by atoms with E-state index in [9.17, 15) is 4.79 Å². The number of hydrogen-bond donors (Lipinski definition) is 0. The molecule has 0 spiro atoms. The molecule has 0 atom stereocenters. The zero-order chi connectivity index (χ0) is 15.6. The molecule has 2 rings (SSSR count). The van der Waals surface area contributed by atoms with Crippen molar-refractivity contribution in [1.82, 2.24) is 0 Å². The van der Waals surface area contributed by atoms with Gasteiger partial charge >= 0.3 is 0 Å². The smallest absolute Gasteiger partial charge is 0.191 e. The van der Waals surface area contributed by atoms with Gasteiger partial charge in [0.25, 0.3) is 0 Å². The number of halogens is 2. The molecule has 0 aromatic heterocycles. The average molecular weight is 339 g/mol. The summed E-state index contributed by atoms with van der Waals surface area (Å²) in [5, 5.41) is 0.935. The fraction of sp³-hybridized carbons (Fsp3) is 0.125. The van der Waals surface area contributed by atoms with Gasteiger partial charge in [-0.3, -0.25) is 4.79 Å². The molecule has 0 radical (unpaired) electrons. The van der Waals surface area contributed by atoms with Crippen LogP contribution in [-0.2, 0) is 4.74 Å². The van der Waals surface area contributed by atoms with Crippen molar-refractivity contribution in [3.63, 3.8) is 0 Å². The highest BCUT2D eigenvalue weighted by molar-refractivity contribution is 7.80.